The van der Waals surface area contributed by atoms with E-state index >= 15 is 0 Å². The summed E-state index contributed by atoms with van der Waals surface area (Å²) in [6, 6.07) is 0.230. The van der Waals surface area contributed by atoms with Crippen LogP contribution in [0.5, 0.6) is 0 Å². The van der Waals surface area contributed by atoms with Crippen LogP contribution in [-0.4, -0.2) is 18.2 Å². The molecule has 104 valence electrons. The first-order chi connectivity index (χ1) is 9.31. The molecule has 2 rings (SSSR count). The maximum Gasteiger partial charge on any atom is 0.286 e. The van der Waals surface area contributed by atoms with E-state index in [4.69, 9.17) is 10.00 Å². The molecule has 0 atom stereocenters. The van der Waals surface area contributed by atoms with Gasteiger partial charge in [-0.1, -0.05) is 0 Å². The summed E-state index contributed by atoms with van der Waals surface area (Å²) in [5, 5.41) is 8.51. The van der Waals surface area contributed by atoms with Gasteiger partial charge in [0.15, 0.2) is 0 Å². The van der Waals surface area contributed by atoms with E-state index < -0.39 is 0 Å². The number of nitriles is 1. The van der Waals surface area contributed by atoms with Crippen LogP contribution in [0.2, 0.25) is 0 Å². The molecule has 2 aliphatic carbocycles. The van der Waals surface area contributed by atoms with Crippen molar-refractivity contribution in [3.8, 4) is 6.26 Å². The zero-order chi connectivity index (χ0) is 13.5. The molecule has 2 saturated carbocycles. The number of rotatable bonds is 4. The Bertz CT molecular complexity index is 355. The smallest absolute Gasteiger partial charge is 0.286 e. The molecule has 0 radical (unpaired) electrons. The molecule has 0 aromatic rings. The average Bonchev–Trinajstić information content (AvgIpc) is 2.44. The Morgan fingerprint density at radius 2 is 1.58 bits per heavy atom. The SMILES string of the molecule is N#CO[C@H]1CC[C@@H](C[C@H]2CC[C@@H](N=C=O)CC2)CC1. The molecule has 2 fully saturated rings. The fourth-order valence-electron chi connectivity index (χ4n) is 3.62. The third kappa shape index (κ3) is 4.36. The van der Waals surface area contributed by atoms with E-state index in [1.807, 2.05) is 6.26 Å². The Labute approximate surface area is 114 Å². The van der Waals surface area contributed by atoms with Crippen LogP contribution in [0.25, 0.3) is 0 Å². The van der Waals surface area contributed by atoms with Crippen molar-refractivity contribution in [2.24, 2.45) is 16.8 Å². The van der Waals surface area contributed by atoms with E-state index in [0.29, 0.717) is 0 Å². The third-order valence-corrected chi connectivity index (χ3v) is 4.73. The number of isocyanates is 1. The highest BCUT2D eigenvalue weighted by Crippen LogP contribution is 2.36. The largest absolute Gasteiger partial charge is 0.424 e. The van der Waals surface area contributed by atoms with Crippen molar-refractivity contribution in [1.29, 1.82) is 5.26 Å². The summed E-state index contributed by atoms with van der Waals surface area (Å²) in [6.07, 6.45) is 13.9. The van der Waals surface area contributed by atoms with E-state index in [1.165, 1.54) is 32.1 Å². The lowest BCUT2D eigenvalue weighted by molar-refractivity contribution is 0.0915. The summed E-state index contributed by atoms with van der Waals surface area (Å²) >= 11 is 0. The summed E-state index contributed by atoms with van der Waals surface area (Å²) in [4.78, 5) is 14.1. The molecule has 0 aromatic carbocycles. The number of nitrogens with zero attached hydrogens (tertiary/aromatic N) is 2. The van der Waals surface area contributed by atoms with E-state index in [2.05, 4.69) is 4.99 Å². The minimum atomic E-state index is 0.166. The van der Waals surface area contributed by atoms with Gasteiger partial charge in [-0.3, -0.25) is 0 Å². The fraction of sp³-hybridized carbons (Fsp3) is 0.867. The first-order valence-electron chi connectivity index (χ1n) is 7.43. The third-order valence-electron chi connectivity index (χ3n) is 4.73. The Hall–Kier alpha value is -1.33. The van der Waals surface area contributed by atoms with Crippen molar-refractivity contribution < 1.29 is 9.53 Å². The van der Waals surface area contributed by atoms with Gasteiger partial charge in [-0.2, -0.15) is 5.26 Å². The molecule has 0 saturated heterocycles. The van der Waals surface area contributed by atoms with Gasteiger partial charge in [0.25, 0.3) is 6.26 Å². The molecule has 0 amide bonds. The van der Waals surface area contributed by atoms with Crippen molar-refractivity contribution in [2.45, 2.75) is 69.9 Å². The van der Waals surface area contributed by atoms with Gasteiger partial charge in [0.2, 0.25) is 6.08 Å². The highest BCUT2D eigenvalue weighted by atomic mass is 16.5. The Kier molecular flexibility index (Phi) is 5.42. The average molecular weight is 262 g/mol. The van der Waals surface area contributed by atoms with Gasteiger partial charge in [-0.05, 0) is 69.6 Å². The van der Waals surface area contributed by atoms with Crippen LogP contribution in [0, 0.1) is 23.4 Å². The minimum Gasteiger partial charge on any atom is -0.424 e. The number of hydrogen-bond donors (Lipinski definition) is 0. The lowest BCUT2D eigenvalue weighted by Crippen LogP contribution is -2.24. The summed E-state index contributed by atoms with van der Waals surface area (Å²) in [7, 11) is 0. The summed E-state index contributed by atoms with van der Waals surface area (Å²) in [6.45, 7) is 0. The van der Waals surface area contributed by atoms with Crippen LogP contribution in [-0.2, 0) is 9.53 Å². The van der Waals surface area contributed by atoms with Crippen molar-refractivity contribution >= 4 is 6.08 Å². The highest BCUT2D eigenvalue weighted by molar-refractivity contribution is 5.33. The number of carbonyl (C=O) groups excluding carboxylic acids is 1. The van der Waals surface area contributed by atoms with Crippen LogP contribution in [0.1, 0.15) is 57.8 Å². The standard InChI is InChI=1S/C15H22N2O2/c16-10-19-15-7-3-13(4-8-15)9-12-1-5-14(6-2-12)17-11-18/h12-15H,1-9H2/t12-,13-,14+,15+. The number of hydrogen-bond acceptors (Lipinski definition) is 4. The van der Waals surface area contributed by atoms with Gasteiger partial charge in [0.05, 0.1) is 6.04 Å². The first kappa shape index (κ1) is 14.1. The molecule has 19 heavy (non-hydrogen) atoms. The van der Waals surface area contributed by atoms with Crippen LogP contribution < -0.4 is 0 Å². The molecule has 4 nitrogen and oxygen atoms in total. The van der Waals surface area contributed by atoms with Gasteiger partial charge in [-0.25, -0.2) is 9.79 Å². The molecular formula is C15H22N2O2. The van der Waals surface area contributed by atoms with E-state index in [-0.39, 0.29) is 12.1 Å². The van der Waals surface area contributed by atoms with Crippen LogP contribution >= 0.6 is 0 Å². The topological polar surface area (TPSA) is 62.4 Å². The minimum absolute atomic E-state index is 0.166. The van der Waals surface area contributed by atoms with Crippen molar-refractivity contribution in [3.63, 3.8) is 0 Å². The van der Waals surface area contributed by atoms with E-state index in [0.717, 1.165) is 37.5 Å². The molecule has 0 bridgehead atoms. The zero-order valence-electron chi connectivity index (χ0n) is 11.4. The molecule has 0 spiro atoms. The second-order valence-corrected chi connectivity index (χ2v) is 5.98. The molecule has 0 aliphatic heterocycles. The Morgan fingerprint density at radius 1 is 1.00 bits per heavy atom. The fourth-order valence-corrected chi connectivity index (χ4v) is 3.62. The molecule has 0 unspecified atom stereocenters. The zero-order valence-corrected chi connectivity index (χ0v) is 11.4. The molecule has 0 heterocycles. The monoisotopic (exact) mass is 262 g/mol. The molecule has 0 aromatic heterocycles. The lowest BCUT2D eigenvalue weighted by Gasteiger charge is -2.32. The summed E-state index contributed by atoms with van der Waals surface area (Å²) in [5.74, 6) is 1.60. The maximum atomic E-state index is 10.2. The van der Waals surface area contributed by atoms with Crippen molar-refractivity contribution in [1.82, 2.24) is 0 Å². The molecule has 4 heteroatoms. The Balaban J connectivity index is 1.67. The highest BCUT2D eigenvalue weighted by Gasteiger charge is 2.27. The van der Waals surface area contributed by atoms with Crippen LogP contribution in [0.3, 0.4) is 0 Å². The molecule has 0 N–H and O–H groups in total. The van der Waals surface area contributed by atoms with Gasteiger partial charge in [0, 0.05) is 0 Å². The molecular weight excluding hydrogens is 240 g/mol. The van der Waals surface area contributed by atoms with Crippen molar-refractivity contribution in [3.05, 3.63) is 0 Å². The van der Waals surface area contributed by atoms with Gasteiger partial charge < -0.3 is 4.74 Å². The quantitative estimate of drug-likeness (QED) is 0.443. The number of ether oxygens (including phenoxy) is 1. The normalized spacial score (nSPS) is 34.9. The predicted octanol–water partition coefficient (Wildman–Crippen LogP) is 3.33. The van der Waals surface area contributed by atoms with E-state index in [1.54, 1.807) is 6.08 Å². The summed E-state index contributed by atoms with van der Waals surface area (Å²) < 4.78 is 5.02. The van der Waals surface area contributed by atoms with E-state index in [9.17, 15) is 4.79 Å². The van der Waals surface area contributed by atoms with Gasteiger partial charge in [0.1, 0.15) is 6.10 Å². The van der Waals surface area contributed by atoms with Gasteiger partial charge in [-0.15, -0.1) is 0 Å². The van der Waals surface area contributed by atoms with Crippen LogP contribution in [0.4, 0.5) is 0 Å². The Morgan fingerprint density at radius 3 is 2.11 bits per heavy atom. The first-order valence-corrected chi connectivity index (χ1v) is 7.43. The maximum absolute atomic E-state index is 10.2. The second kappa shape index (κ2) is 7.31. The second-order valence-electron chi connectivity index (χ2n) is 5.98. The van der Waals surface area contributed by atoms with Gasteiger partial charge >= 0.3 is 0 Å². The van der Waals surface area contributed by atoms with Crippen LogP contribution in [0.15, 0.2) is 4.99 Å². The lowest BCUT2D eigenvalue weighted by atomic mass is 9.76. The molecule has 2 aliphatic rings. The van der Waals surface area contributed by atoms with Crippen molar-refractivity contribution in [2.75, 3.05) is 0 Å². The summed E-state index contributed by atoms with van der Waals surface area (Å²) in [5.41, 5.74) is 0. The predicted molar refractivity (Wildman–Crippen MR) is 70.9 cm³/mol. The number of aliphatic imine (C=N–C) groups is 1.